The van der Waals surface area contributed by atoms with Gasteiger partial charge in [0, 0.05) is 18.1 Å². The van der Waals surface area contributed by atoms with Gasteiger partial charge in [-0.25, -0.2) is 8.42 Å². The van der Waals surface area contributed by atoms with Gasteiger partial charge in [0.15, 0.2) is 0 Å². The predicted octanol–water partition coefficient (Wildman–Crippen LogP) is 2.43. The van der Waals surface area contributed by atoms with Gasteiger partial charge in [-0.3, -0.25) is 9.10 Å². The molecule has 1 atom stereocenters. The van der Waals surface area contributed by atoms with Gasteiger partial charge in [-0.2, -0.15) is 0 Å². The SMILES string of the molecule is Cc1ccc(N([C@@H](C)C(=O)N2CCCC2)S(C)(=O)=O)cc1Cl. The van der Waals surface area contributed by atoms with Gasteiger partial charge in [-0.15, -0.1) is 0 Å². The second-order valence-electron chi connectivity index (χ2n) is 5.70. The number of likely N-dealkylation sites (tertiary alicyclic amines) is 1. The van der Waals surface area contributed by atoms with E-state index in [2.05, 4.69) is 0 Å². The summed E-state index contributed by atoms with van der Waals surface area (Å²) in [5.74, 6) is -0.167. The quantitative estimate of drug-likeness (QED) is 0.842. The van der Waals surface area contributed by atoms with Crippen molar-refractivity contribution in [2.75, 3.05) is 23.7 Å². The molecule has 7 heteroatoms. The number of rotatable bonds is 4. The summed E-state index contributed by atoms with van der Waals surface area (Å²) in [5.41, 5.74) is 1.27. The number of hydrogen-bond donors (Lipinski definition) is 0. The van der Waals surface area contributed by atoms with Crippen LogP contribution >= 0.6 is 11.6 Å². The number of carbonyl (C=O) groups is 1. The molecule has 1 aromatic rings. The van der Waals surface area contributed by atoms with Crippen molar-refractivity contribution in [3.05, 3.63) is 28.8 Å². The van der Waals surface area contributed by atoms with E-state index in [1.54, 1.807) is 30.0 Å². The second kappa shape index (κ2) is 6.46. The Bertz CT molecular complexity index is 669. The van der Waals surface area contributed by atoms with E-state index >= 15 is 0 Å². The number of sulfonamides is 1. The van der Waals surface area contributed by atoms with Crippen LogP contribution in [0.5, 0.6) is 0 Å². The summed E-state index contributed by atoms with van der Waals surface area (Å²) in [5, 5.41) is 0.479. The van der Waals surface area contributed by atoms with Crippen molar-refractivity contribution in [2.45, 2.75) is 32.7 Å². The van der Waals surface area contributed by atoms with E-state index in [4.69, 9.17) is 11.6 Å². The minimum absolute atomic E-state index is 0.167. The van der Waals surface area contributed by atoms with Crippen LogP contribution in [0.25, 0.3) is 0 Å². The third kappa shape index (κ3) is 3.55. The second-order valence-corrected chi connectivity index (χ2v) is 7.97. The molecule has 1 aliphatic rings. The van der Waals surface area contributed by atoms with Crippen molar-refractivity contribution in [1.82, 2.24) is 4.90 Å². The minimum Gasteiger partial charge on any atom is -0.341 e. The zero-order chi connectivity index (χ0) is 16.5. The van der Waals surface area contributed by atoms with Crippen LogP contribution in [0.1, 0.15) is 25.3 Å². The summed E-state index contributed by atoms with van der Waals surface area (Å²) >= 11 is 6.10. The molecule has 22 heavy (non-hydrogen) atoms. The number of halogens is 1. The van der Waals surface area contributed by atoms with Crippen LogP contribution in [-0.2, 0) is 14.8 Å². The Morgan fingerprint density at radius 3 is 2.41 bits per heavy atom. The topological polar surface area (TPSA) is 57.7 Å². The first-order chi connectivity index (χ1) is 10.2. The van der Waals surface area contributed by atoms with Gasteiger partial charge < -0.3 is 4.90 Å². The molecular weight excluding hydrogens is 324 g/mol. The summed E-state index contributed by atoms with van der Waals surface area (Å²) in [6.45, 7) is 4.84. The van der Waals surface area contributed by atoms with Crippen molar-refractivity contribution in [3.63, 3.8) is 0 Å². The predicted molar refractivity (Wildman–Crippen MR) is 88.8 cm³/mol. The van der Waals surface area contributed by atoms with Gasteiger partial charge in [0.1, 0.15) is 6.04 Å². The van der Waals surface area contributed by atoms with Crippen molar-refractivity contribution < 1.29 is 13.2 Å². The van der Waals surface area contributed by atoms with E-state index in [0.29, 0.717) is 23.8 Å². The normalized spacial score (nSPS) is 16.6. The van der Waals surface area contributed by atoms with Crippen molar-refractivity contribution in [1.29, 1.82) is 0 Å². The molecule has 2 rings (SSSR count). The summed E-state index contributed by atoms with van der Waals surface area (Å²) < 4.78 is 25.6. The zero-order valence-electron chi connectivity index (χ0n) is 13.0. The average molecular weight is 345 g/mol. The number of benzene rings is 1. The molecule has 0 saturated carbocycles. The minimum atomic E-state index is -3.59. The summed E-state index contributed by atoms with van der Waals surface area (Å²) in [7, 11) is -3.59. The number of carbonyl (C=O) groups excluding carboxylic acids is 1. The Morgan fingerprint density at radius 1 is 1.32 bits per heavy atom. The molecule has 122 valence electrons. The maximum atomic E-state index is 12.5. The van der Waals surface area contributed by atoms with Gasteiger partial charge in [-0.1, -0.05) is 17.7 Å². The van der Waals surface area contributed by atoms with Crippen LogP contribution in [0, 0.1) is 6.92 Å². The first-order valence-corrected chi connectivity index (χ1v) is 9.49. The average Bonchev–Trinajstić information content (AvgIpc) is 2.94. The molecule has 1 fully saturated rings. The molecule has 0 spiro atoms. The fourth-order valence-corrected chi connectivity index (χ4v) is 4.06. The van der Waals surface area contributed by atoms with Crippen LogP contribution in [0.2, 0.25) is 5.02 Å². The molecule has 1 aromatic carbocycles. The lowest BCUT2D eigenvalue weighted by molar-refractivity contribution is -0.130. The Kier molecular flexibility index (Phi) is 5.02. The number of anilines is 1. The van der Waals surface area contributed by atoms with E-state index in [1.807, 2.05) is 6.92 Å². The molecule has 0 bridgehead atoms. The lowest BCUT2D eigenvalue weighted by Gasteiger charge is -2.31. The molecule has 5 nitrogen and oxygen atoms in total. The molecule has 0 radical (unpaired) electrons. The molecule has 0 aromatic heterocycles. The number of nitrogens with zero attached hydrogens (tertiary/aromatic N) is 2. The highest BCUT2D eigenvalue weighted by molar-refractivity contribution is 7.92. The molecule has 0 N–H and O–H groups in total. The Labute approximate surface area is 136 Å². The Balaban J connectivity index is 2.37. The lowest BCUT2D eigenvalue weighted by atomic mass is 10.2. The van der Waals surface area contributed by atoms with Crippen LogP contribution in [-0.4, -0.2) is 44.6 Å². The van der Waals surface area contributed by atoms with Gasteiger partial charge in [0.05, 0.1) is 11.9 Å². The number of hydrogen-bond acceptors (Lipinski definition) is 3. The van der Waals surface area contributed by atoms with Crippen molar-refractivity contribution in [3.8, 4) is 0 Å². The highest BCUT2D eigenvalue weighted by Gasteiger charge is 2.33. The summed E-state index contributed by atoms with van der Waals surface area (Å²) in [4.78, 5) is 14.3. The molecule has 0 aliphatic carbocycles. The molecular formula is C15H21ClN2O3S. The standard InChI is InChI=1S/C15H21ClN2O3S/c1-11-6-7-13(10-14(11)16)18(22(3,20)21)12(2)15(19)17-8-4-5-9-17/h6-7,10,12H,4-5,8-9H2,1-3H3/t12-/m0/s1. The summed E-state index contributed by atoms with van der Waals surface area (Å²) in [6, 6.07) is 4.23. The molecule has 1 saturated heterocycles. The van der Waals surface area contributed by atoms with Crippen molar-refractivity contribution in [2.24, 2.45) is 0 Å². The van der Waals surface area contributed by atoms with Gasteiger partial charge in [0.25, 0.3) is 0 Å². The number of amides is 1. The third-order valence-corrected chi connectivity index (χ3v) is 5.54. The van der Waals surface area contributed by atoms with Gasteiger partial charge in [-0.05, 0) is 44.4 Å². The number of aryl methyl sites for hydroxylation is 1. The largest absolute Gasteiger partial charge is 0.341 e. The van der Waals surface area contributed by atoms with Crippen LogP contribution in [0.3, 0.4) is 0 Å². The fraction of sp³-hybridized carbons (Fsp3) is 0.533. The maximum Gasteiger partial charge on any atom is 0.246 e. The van der Waals surface area contributed by atoms with E-state index in [-0.39, 0.29) is 5.91 Å². The maximum absolute atomic E-state index is 12.5. The van der Waals surface area contributed by atoms with Crippen LogP contribution in [0.15, 0.2) is 18.2 Å². The Hall–Kier alpha value is -1.27. The highest BCUT2D eigenvalue weighted by Crippen LogP contribution is 2.27. The fourth-order valence-electron chi connectivity index (χ4n) is 2.72. The van der Waals surface area contributed by atoms with Crippen molar-refractivity contribution >= 4 is 33.2 Å². The first-order valence-electron chi connectivity index (χ1n) is 7.26. The van der Waals surface area contributed by atoms with Gasteiger partial charge >= 0.3 is 0 Å². The van der Waals surface area contributed by atoms with Crippen LogP contribution < -0.4 is 4.31 Å². The Morgan fingerprint density at radius 2 is 1.91 bits per heavy atom. The van der Waals surface area contributed by atoms with Crippen LogP contribution in [0.4, 0.5) is 5.69 Å². The molecule has 1 aliphatic heterocycles. The lowest BCUT2D eigenvalue weighted by Crippen LogP contribution is -2.48. The summed E-state index contributed by atoms with van der Waals surface area (Å²) in [6.07, 6.45) is 3.04. The van der Waals surface area contributed by atoms with E-state index in [0.717, 1.165) is 29.0 Å². The zero-order valence-corrected chi connectivity index (χ0v) is 14.6. The van der Waals surface area contributed by atoms with Gasteiger partial charge in [0.2, 0.25) is 15.9 Å². The third-order valence-electron chi connectivity index (χ3n) is 3.89. The first kappa shape index (κ1) is 17.1. The molecule has 1 heterocycles. The monoisotopic (exact) mass is 344 g/mol. The van der Waals surface area contributed by atoms with E-state index in [1.165, 1.54) is 0 Å². The molecule has 0 unspecified atom stereocenters. The van der Waals surface area contributed by atoms with E-state index < -0.39 is 16.1 Å². The van der Waals surface area contributed by atoms with E-state index in [9.17, 15) is 13.2 Å². The molecule has 1 amide bonds. The smallest absolute Gasteiger partial charge is 0.246 e. The highest BCUT2D eigenvalue weighted by atomic mass is 35.5.